The molecule has 0 atom stereocenters. The van der Waals surface area contributed by atoms with Crippen molar-refractivity contribution in [3.8, 4) is 5.75 Å². The lowest BCUT2D eigenvalue weighted by atomic mass is 10.1. The molecule has 0 saturated carbocycles. The molecule has 1 amide bonds. The number of carbonyl (C=O) groups is 1. The molecule has 0 heterocycles. The molecule has 0 aliphatic heterocycles. The smallest absolute Gasteiger partial charge is 0.222 e. The first-order chi connectivity index (χ1) is 11.1. The van der Waals surface area contributed by atoms with Crippen LogP contribution in [-0.4, -0.2) is 24.5 Å². The topological polar surface area (TPSA) is 29.5 Å². The van der Waals surface area contributed by atoms with Crippen LogP contribution in [0.5, 0.6) is 5.75 Å². The first kappa shape index (κ1) is 17.4. The Kier molecular flexibility index (Phi) is 6.48. The van der Waals surface area contributed by atoms with E-state index in [0.29, 0.717) is 31.0 Å². The highest BCUT2D eigenvalue weighted by atomic mass is 35.5. The number of halogens is 1. The lowest BCUT2D eigenvalue weighted by molar-refractivity contribution is -0.130. The van der Waals surface area contributed by atoms with Crippen LogP contribution in [0.1, 0.15) is 24.5 Å². The van der Waals surface area contributed by atoms with Crippen molar-refractivity contribution in [1.82, 2.24) is 4.90 Å². The average molecular weight is 332 g/mol. The highest BCUT2D eigenvalue weighted by Gasteiger charge is 2.12. The zero-order valence-corrected chi connectivity index (χ0v) is 14.3. The van der Waals surface area contributed by atoms with Gasteiger partial charge in [0.15, 0.2) is 0 Å². The Bertz CT molecular complexity index is 657. The van der Waals surface area contributed by atoms with Gasteiger partial charge in [0.1, 0.15) is 5.75 Å². The second kappa shape index (κ2) is 8.59. The van der Waals surface area contributed by atoms with Crippen molar-refractivity contribution in [2.24, 2.45) is 0 Å². The van der Waals surface area contributed by atoms with Crippen molar-refractivity contribution in [2.75, 3.05) is 13.7 Å². The van der Waals surface area contributed by atoms with Gasteiger partial charge >= 0.3 is 0 Å². The summed E-state index contributed by atoms with van der Waals surface area (Å²) in [4.78, 5) is 14.1. The molecule has 0 spiro atoms. The van der Waals surface area contributed by atoms with E-state index in [1.807, 2.05) is 55.5 Å². The molecular formula is C19H22ClNO2. The van der Waals surface area contributed by atoms with Crippen LogP contribution in [0.15, 0.2) is 48.5 Å². The average Bonchev–Trinajstić information content (AvgIpc) is 2.56. The van der Waals surface area contributed by atoms with E-state index < -0.39 is 0 Å². The number of para-hydroxylation sites is 1. The summed E-state index contributed by atoms with van der Waals surface area (Å²) >= 11 is 6.15. The molecule has 2 aromatic rings. The van der Waals surface area contributed by atoms with Crippen molar-refractivity contribution in [2.45, 2.75) is 26.3 Å². The maximum absolute atomic E-state index is 12.3. The van der Waals surface area contributed by atoms with Crippen LogP contribution >= 0.6 is 11.6 Å². The molecule has 0 radical (unpaired) electrons. The van der Waals surface area contributed by atoms with Crippen molar-refractivity contribution >= 4 is 17.5 Å². The number of nitrogens with zero attached hydrogens (tertiary/aromatic N) is 1. The van der Waals surface area contributed by atoms with E-state index in [-0.39, 0.29) is 5.91 Å². The van der Waals surface area contributed by atoms with Crippen molar-refractivity contribution < 1.29 is 9.53 Å². The highest BCUT2D eigenvalue weighted by molar-refractivity contribution is 6.31. The lowest BCUT2D eigenvalue weighted by Gasteiger charge is -2.18. The first-order valence-corrected chi connectivity index (χ1v) is 8.17. The van der Waals surface area contributed by atoms with E-state index in [9.17, 15) is 4.79 Å². The van der Waals surface area contributed by atoms with E-state index in [1.165, 1.54) is 0 Å². The largest absolute Gasteiger partial charge is 0.494 e. The molecule has 0 aliphatic rings. The van der Waals surface area contributed by atoms with E-state index in [4.69, 9.17) is 16.3 Å². The summed E-state index contributed by atoms with van der Waals surface area (Å²) in [6.07, 6.45) is 1.12. The van der Waals surface area contributed by atoms with Crippen molar-refractivity contribution in [3.05, 3.63) is 64.7 Å². The van der Waals surface area contributed by atoms with Crippen LogP contribution in [0.3, 0.4) is 0 Å². The Balaban J connectivity index is 1.93. The number of carbonyl (C=O) groups excluding carboxylic acids is 1. The number of amides is 1. The quantitative estimate of drug-likeness (QED) is 0.755. The molecule has 0 bridgehead atoms. The van der Waals surface area contributed by atoms with Gasteiger partial charge in [-0.15, -0.1) is 0 Å². The van der Waals surface area contributed by atoms with Crippen LogP contribution in [0.25, 0.3) is 0 Å². The summed E-state index contributed by atoms with van der Waals surface area (Å²) in [6.45, 7) is 3.10. The third-order valence-corrected chi connectivity index (χ3v) is 4.04. The van der Waals surface area contributed by atoms with E-state index in [1.54, 1.807) is 11.9 Å². The molecule has 122 valence electrons. The minimum Gasteiger partial charge on any atom is -0.494 e. The summed E-state index contributed by atoms with van der Waals surface area (Å²) in [5.74, 6) is 0.952. The second-order valence-corrected chi connectivity index (χ2v) is 5.79. The third kappa shape index (κ3) is 5.00. The Hall–Kier alpha value is -2.00. The zero-order chi connectivity index (χ0) is 16.7. The van der Waals surface area contributed by atoms with Gasteiger partial charge in [-0.05, 0) is 36.6 Å². The summed E-state index contributed by atoms with van der Waals surface area (Å²) in [5.41, 5.74) is 2.02. The van der Waals surface area contributed by atoms with Crippen LogP contribution < -0.4 is 4.74 Å². The molecule has 4 heteroatoms. The van der Waals surface area contributed by atoms with Crippen LogP contribution in [0.2, 0.25) is 5.02 Å². The van der Waals surface area contributed by atoms with Gasteiger partial charge in [-0.2, -0.15) is 0 Å². The Labute approximate surface area is 142 Å². The van der Waals surface area contributed by atoms with E-state index in [0.717, 1.165) is 16.9 Å². The summed E-state index contributed by atoms with van der Waals surface area (Å²) in [5, 5.41) is 0.689. The van der Waals surface area contributed by atoms with Gasteiger partial charge in [0.2, 0.25) is 5.91 Å². The Morgan fingerprint density at radius 3 is 2.43 bits per heavy atom. The number of ether oxygens (including phenoxy) is 1. The third-order valence-electron chi connectivity index (χ3n) is 3.67. The maximum Gasteiger partial charge on any atom is 0.222 e. The molecule has 3 nitrogen and oxygen atoms in total. The maximum atomic E-state index is 12.3. The molecular weight excluding hydrogens is 310 g/mol. The van der Waals surface area contributed by atoms with E-state index in [2.05, 4.69) is 0 Å². The van der Waals surface area contributed by atoms with Crippen LogP contribution in [0.4, 0.5) is 0 Å². The number of aryl methyl sites for hydroxylation is 1. The second-order valence-electron chi connectivity index (χ2n) is 5.38. The lowest BCUT2D eigenvalue weighted by Crippen LogP contribution is -2.26. The molecule has 0 N–H and O–H groups in total. The predicted octanol–water partition coefficient (Wildman–Crippen LogP) is 4.33. The van der Waals surface area contributed by atoms with Gasteiger partial charge in [-0.1, -0.05) is 48.0 Å². The molecule has 0 aliphatic carbocycles. The Morgan fingerprint density at radius 1 is 1.09 bits per heavy atom. The van der Waals surface area contributed by atoms with Gasteiger partial charge in [0, 0.05) is 25.0 Å². The van der Waals surface area contributed by atoms with Gasteiger partial charge in [0.25, 0.3) is 0 Å². The molecule has 0 unspecified atom stereocenters. The molecule has 23 heavy (non-hydrogen) atoms. The number of hydrogen-bond donors (Lipinski definition) is 0. The highest BCUT2D eigenvalue weighted by Crippen LogP contribution is 2.21. The normalized spacial score (nSPS) is 10.4. The number of rotatable bonds is 7. The minimum absolute atomic E-state index is 0.0937. The zero-order valence-electron chi connectivity index (χ0n) is 13.6. The fourth-order valence-corrected chi connectivity index (χ4v) is 2.60. The summed E-state index contributed by atoms with van der Waals surface area (Å²) in [7, 11) is 1.81. The number of hydrogen-bond acceptors (Lipinski definition) is 2. The van der Waals surface area contributed by atoms with Crippen LogP contribution in [-0.2, 0) is 17.8 Å². The van der Waals surface area contributed by atoms with E-state index >= 15 is 0 Å². The number of benzene rings is 2. The van der Waals surface area contributed by atoms with Crippen LogP contribution in [0, 0.1) is 0 Å². The molecule has 0 fully saturated rings. The van der Waals surface area contributed by atoms with Crippen molar-refractivity contribution in [3.63, 3.8) is 0 Å². The fraction of sp³-hybridized carbons (Fsp3) is 0.316. The Morgan fingerprint density at radius 2 is 1.74 bits per heavy atom. The minimum atomic E-state index is 0.0937. The van der Waals surface area contributed by atoms with Crippen molar-refractivity contribution in [1.29, 1.82) is 0 Å². The summed E-state index contributed by atoms with van der Waals surface area (Å²) < 4.78 is 5.60. The predicted molar refractivity (Wildman–Crippen MR) is 93.9 cm³/mol. The first-order valence-electron chi connectivity index (χ1n) is 7.80. The van der Waals surface area contributed by atoms with Gasteiger partial charge in [-0.25, -0.2) is 0 Å². The molecule has 2 rings (SSSR count). The van der Waals surface area contributed by atoms with Gasteiger partial charge < -0.3 is 9.64 Å². The fourth-order valence-electron chi connectivity index (χ4n) is 2.41. The standard InChI is InChI=1S/C19H22ClNO2/c1-3-23-18-11-7-5-8-15(18)12-13-19(22)21(2)14-16-9-4-6-10-17(16)20/h4-11H,3,12-14H2,1-2H3. The summed E-state index contributed by atoms with van der Waals surface area (Å²) in [6, 6.07) is 15.5. The molecule has 0 aromatic heterocycles. The van der Waals surface area contributed by atoms with Gasteiger partial charge in [0.05, 0.1) is 6.61 Å². The van der Waals surface area contributed by atoms with Gasteiger partial charge in [-0.3, -0.25) is 4.79 Å². The monoisotopic (exact) mass is 331 g/mol. The SMILES string of the molecule is CCOc1ccccc1CCC(=O)N(C)Cc1ccccc1Cl. The molecule has 2 aromatic carbocycles. The molecule has 0 saturated heterocycles.